The Hall–Kier alpha value is -2.72. The third-order valence-electron chi connectivity index (χ3n) is 3.56. The topological polar surface area (TPSA) is 42.0 Å². The third kappa shape index (κ3) is 3.78. The number of amides is 1. The molecule has 1 aromatic heterocycles. The van der Waals surface area contributed by atoms with Crippen LogP contribution in [0.15, 0.2) is 66.9 Å². The molecule has 0 spiro atoms. The molecule has 0 fully saturated rings. The van der Waals surface area contributed by atoms with Gasteiger partial charge in [0.15, 0.2) is 0 Å². The SMILES string of the molecule is O=C(NCc1ccccc1Cl)c1ccc(-c2ccc(F)cc2)nc1. The smallest absolute Gasteiger partial charge is 0.253 e. The van der Waals surface area contributed by atoms with E-state index in [0.717, 1.165) is 11.1 Å². The van der Waals surface area contributed by atoms with Crippen LogP contribution in [0.3, 0.4) is 0 Å². The van der Waals surface area contributed by atoms with E-state index in [2.05, 4.69) is 10.3 Å². The van der Waals surface area contributed by atoms with Gasteiger partial charge in [0.2, 0.25) is 0 Å². The van der Waals surface area contributed by atoms with Crippen molar-refractivity contribution in [3.05, 3.63) is 88.8 Å². The lowest BCUT2D eigenvalue weighted by Crippen LogP contribution is -2.23. The highest BCUT2D eigenvalue weighted by Crippen LogP contribution is 2.18. The van der Waals surface area contributed by atoms with Crippen LogP contribution in [0, 0.1) is 5.82 Å². The zero-order valence-corrected chi connectivity index (χ0v) is 13.4. The summed E-state index contributed by atoms with van der Waals surface area (Å²) in [6, 6.07) is 16.8. The van der Waals surface area contributed by atoms with Crippen LogP contribution in [0.1, 0.15) is 15.9 Å². The molecule has 2 aromatic carbocycles. The first-order chi connectivity index (χ1) is 11.6. The lowest BCUT2D eigenvalue weighted by Gasteiger charge is -2.07. The Morgan fingerprint density at radius 1 is 1.04 bits per heavy atom. The van der Waals surface area contributed by atoms with Gasteiger partial charge in [0.05, 0.1) is 11.3 Å². The van der Waals surface area contributed by atoms with E-state index >= 15 is 0 Å². The summed E-state index contributed by atoms with van der Waals surface area (Å²) < 4.78 is 12.9. The molecule has 3 aromatic rings. The summed E-state index contributed by atoms with van der Waals surface area (Å²) in [6.07, 6.45) is 1.50. The molecule has 0 saturated carbocycles. The highest BCUT2D eigenvalue weighted by molar-refractivity contribution is 6.31. The van der Waals surface area contributed by atoms with Gasteiger partial charge in [0.1, 0.15) is 5.82 Å². The van der Waals surface area contributed by atoms with Gasteiger partial charge in [-0.05, 0) is 48.0 Å². The van der Waals surface area contributed by atoms with Crippen molar-refractivity contribution in [1.29, 1.82) is 0 Å². The van der Waals surface area contributed by atoms with Crippen molar-refractivity contribution < 1.29 is 9.18 Å². The molecule has 0 unspecified atom stereocenters. The van der Waals surface area contributed by atoms with Gasteiger partial charge in [0, 0.05) is 23.3 Å². The largest absolute Gasteiger partial charge is 0.348 e. The lowest BCUT2D eigenvalue weighted by molar-refractivity contribution is 0.0950. The van der Waals surface area contributed by atoms with Crippen LogP contribution in [-0.2, 0) is 6.54 Å². The summed E-state index contributed by atoms with van der Waals surface area (Å²) in [5.74, 6) is -0.526. The number of carbonyl (C=O) groups excluding carboxylic acids is 1. The number of nitrogens with one attached hydrogen (secondary N) is 1. The molecular formula is C19H14ClFN2O. The van der Waals surface area contributed by atoms with Crippen LogP contribution in [0.4, 0.5) is 4.39 Å². The Morgan fingerprint density at radius 3 is 2.46 bits per heavy atom. The van der Waals surface area contributed by atoms with Crippen molar-refractivity contribution in [3.63, 3.8) is 0 Å². The molecule has 0 aliphatic heterocycles. The van der Waals surface area contributed by atoms with Crippen LogP contribution in [0.2, 0.25) is 5.02 Å². The molecule has 1 amide bonds. The normalized spacial score (nSPS) is 10.4. The van der Waals surface area contributed by atoms with Gasteiger partial charge in [-0.1, -0.05) is 29.8 Å². The Balaban J connectivity index is 1.68. The van der Waals surface area contributed by atoms with Crippen molar-refractivity contribution in [3.8, 4) is 11.3 Å². The van der Waals surface area contributed by atoms with Crippen molar-refractivity contribution in [2.45, 2.75) is 6.54 Å². The van der Waals surface area contributed by atoms with Crippen LogP contribution >= 0.6 is 11.6 Å². The number of nitrogens with zero attached hydrogens (tertiary/aromatic N) is 1. The first-order valence-electron chi connectivity index (χ1n) is 7.37. The zero-order valence-electron chi connectivity index (χ0n) is 12.7. The van der Waals surface area contributed by atoms with E-state index in [1.54, 1.807) is 30.3 Å². The Morgan fingerprint density at radius 2 is 1.79 bits per heavy atom. The molecule has 3 nitrogen and oxygen atoms in total. The number of rotatable bonds is 4. The van der Waals surface area contributed by atoms with Crippen molar-refractivity contribution in [2.24, 2.45) is 0 Å². The first kappa shape index (κ1) is 16.1. The van der Waals surface area contributed by atoms with Gasteiger partial charge >= 0.3 is 0 Å². The molecule has 5 heteroatoms. The third-order valence-corrected chi connectivity index (χ3v) is 3.93. The average Bonchev–Trinajstić information content (AvgIpc) is 2.62. The van der Waals surface area contributed by atoms with E-state index in [1.807, 2.05) is 18.2 Å². The standard InChI is InChI=1S/C19H14ClFN2O/c20-17-4-2-1-3-14(17)11-23-19(24)15-7-10-18(22-12-15)13-5-8-16(21)9-6-13/h1-10,12H,11H2,(H,23,24). The zero-order chi connectivity index (χ0) is 16.9. The molecule has 0 saturated heterocycles. The number of halogens is 2. The number of hydrogen-bond acceptors (Lipinski definition) is 2. The maximum Gasteiger partial charge on any atom is 0.253 e. The van der Waals surface area contributed by atoms with Gasteiger partial charge in [-0.25, -0.2) is 4.39 Å². The Bertz CT molecular complexity index is 848. The summed E-state index contributed by atoms with van der Waals surface area (Å²) in [5, 5.41) is 3.42. The van der Waals surface area contributed by atoms with E-state index in [4.69, 9.17) is 11.6 Å². The maximum absolute atomic E-state index is 12.9. The number of hydrogen-bond donors (Lipinski definition) is 1. The van der Waals surface area contributed by atoms with E-state index in [9.17, 15) is 9.18 Å². The quantitative estimate of drug-likeness (QED) is 0.761. The average molecular weight is 341 g/mol. The predicted octanol–water partition coefficient (Wildman–Crippen LogP) is 4.47. The summed E-state index contributed by atoms with van der Waals surface area (Å²) in [6.45, 7) is 0.345. The van der Waals surface area contributed by atoms with Crippen molar-refractivity contribution in [1.82, 2.24) is 10.3 Å². The summed E-state index contributed by atoms with van der Waals surface area (Å²) in [7, 11) is 0. The summed E-state index contributed by atoms with van der Waals surface area (Å²) in [4.78, 5) is 16.4. The van der Waals surface area contributed by atoms with Crippen LogP contribution in [-0.4, -0.2) is 10.9 Å². The lowest BCUT2D eigenvalue weighted by atomic mass is 10.1. The molecule has 0 aliphatic rings. The molecule has 3 rings (SSSR count). The van der Waals surface area contributed by atoms with Crippen molar-refractivity contribution >= 4 is 17.5 Å². The second-order valence-corrected chi connectivity index (χ2v) is 5.62. The van der Waals surface area contributed by atoms with E-state index in [1.165, 1.54) is 18.3 Å². The fourth-order valence-electron chi connectivity index (χ4n) is 2.24. The molecular weight excluding hydrogens is 327 g/mol. The number of aromatic nitrogens is 1. The van der Waals surface area contributed by atoms with Gasteiger partial charge < -0.3 is 5.32 Å². The van der Waals surface area contributed by atoms with E-state index in [-0.39, 0.29) is 11.7 Å². The van der Waals surface area contributed by atoms with Gasteiger partial charge in [-0.2, -0.15) is 0 Å². The molecule has 0 bridgehead atoms. The number of carbonyl (C=O) groups is 1. The molecule has 24 heavy (non-hydrogen) atoms. The fourth-order valence-corrected chi connectivity index (χ4v) is 2.44. The van der Waals surface area contributed by atoms with Crippen LogP contribution < -0.4 is 5.32 Å². The maximum atomic E-state index is 12.9. The predicted molar refractivity (Wildman–Crippen MR) is 92.3 cm³/mol. The Kier molecular flexibility index (Phi) is 4.87. The Labute approximate surface area is 144 Å². The van der Waals surface area contributed by atoms with Crippen molar-refractivity contribution in [2.75, 3.05) is 0 Å². The minimum atomic E-state index is -0.297. The second kappa shape index (κ2) is 7.23. The number of benzene rings is 2. The monoisotopic (exact) mass is 340 g/mol. The minimum absolute atomic E-state index is 0.229. The molecule has 1 N–H and O–H groups in total. The molecule has 1 heterocycles. The molecule has 0 radical (unpaired) electrons. The highest BCUT2D eigenvalue weighted by atomic mass is 35.5. The first-order valence-corrected chi connectivity index (χ1v) is 7.75. The highest BCUT2D eigenvalue weighted by Gasteiger charge is 2.08. The molecule has 120 valence electrons. The van der Waals surface area contributed by atoms with Gasteiger partial charge in [-0.3, -0.25) is 9.78 Å². The van der Waals surface area contributed by atoms with Gasteiger partial charge in [0.25, 0.3) is 5.91 Å². The van der Waals surface area contributed by atoms with E-state index in [0.29, 0.717) is 22.8 Å². The second-order valence-electron chi connectivity index (χ2n) is 5.21. The van der Waals surface area contributed by atoms with Gasteiger partial charge in [-0.15, -0.1) is 0 Å². The summed E-state index contributed by atoms with van der Waals surface area (Å²) >= 11 is 6.06. The van der Waals surface area contributed by atoms with Crippen LogP contribution in [0.25, 0.3) is 11.3 Å². The number of pyridine rings is 1. The summed E-state index contributed by atoms with van der Waals surface area (Å²) in [5.41, 5.74) is 2.77. The molecule has 0 aliphatic carbocycles. The molecule has 0 atom stereocenters. The fraction of sp³-hybridized carbons (Fsp3) is 0.0526. The van der Waals surface area contributed by atoms with Crippen LogP contribution in [0.5, 0.6) is 0 Å². The van der Waals surface area contributed by atoms with E-state index < -0.39 is 0 Å². The minimum Gasteiger partial charge on any atom is -0.348 e.